The van der Waals surface area contributed by atoms with E-state index in [4.69, 9.17) is 10.5 Å². The second-order valence-corrected chi connectivity index (χ2v) is 5.11. The summed E-state index contributed by atoms with van der Waals surface area (Å²) < 4.78 is 5.46. The Morgan fingerprint density at radius 3 is 2.71 bits per heavy atom. The monoisotopic (exact) mass is 255 g/mol. The molecule has 3 nitrogen and oxygen atoms in total. The number of aliphatic hydroxyl groups excluding tert-OH is 1. The lowest BCUT2D eigenvalue weighted by atomic mass is 10.3. The predicted octanol–water partition coefficient (Wildman–Crippen LogP) is 2.54. The molecule has 17 heavy (non-hydrogen) atoms. The SMILES string of the molecule is CCCCSCC(O)COc1ccc(N)cc1. The molecule has 0 amide bonds. The summed E-state index contributed by atoms with van der Waals surface area (Å²) in [5.41, 5.74) is 6.28. The van der Waals surface area contributed by atoms with E-state index in [2.05, 4.69) is 6.92 Å². The van der Waals surface area contributed by atoms with E-state index in [-0.39, 0.29) is 0 Å². The molecule has 4 heteroatoms. The van der Waals surface area contributed by atoms with E-state index in [0.29, 0.717) is 12.3 Å². The first kappa shape index (κ1) is 14.2. The average molecular weight is 255 g/mol. The molecule has 0 heterocycles. The molecular formula is C13H21NO2S. The van der Waals surface area contributed by atoms with Crippen molar-refractivity contribution in [2.75, 3.05) is 23.8 Å². The molecule has 1 atom stereocenters. The summed E-state index contributed by atoms with van der Waals surface area (Å²) in [6.07, 6.45) is 2.00. The fourth-order valence-corrected chi connectivity index (χ4v) is 2.30. The summed E-state index contributed by atoms with van der Waals surface area (Å²) >= 11 is 1.77. The van der Waals surface area contributed by atoms with Gasteiger partial charge >= 0.3 is 0 Å². The van der Waals surface area contributed by atoms with E-state index >= 15 is 0 Å². The number of aliphatic hydroxyl groups is 1. The average Bonchev–Trinajstić information content (AvgIpc) is 2.34. The van der Waals surface area contributed by atoms with Crippen LogP contribution in [0.5, 0.6) is 5.75 Å². The third kappa shape index (κ3) is 6.44. The molecule has 0 aliphatic carbocycles. The Morgan fingerprint density at radius 1 is 1.35 bits per heavy atom. The van der Waals surface area contributed by atoms with Gasteiger partial charge in [-0.15, -0.1) is 0 Å². The molecule has 1 aromatic carbocycles. The van der Waals surface area contributed by atoms with Crippen LogP contribution in [0.25, 0.3) is 0 Å². The molecule has 1 aromatic rings. The molecule has 0 spiro atoms. The van der Waals surface area contributed by atoms with E-state index in [9.17, 15) is 5.11 Å². The van der Waals surface area contributed by atoms with Crippen molar-refractivity contribution >= 4 is 17.4 Å². The Kier molecular flexibility index (Phi) is 6.89. The maximum absolute atomic E-state index is 9.69. The Labute approximate surface area is 107 Å². The van der Waals surface area contributed by atoms with Crippen molar-refractivity contribution < 1.29 is 9.84 Å². The predicted molar refractivity (Wildman–Crippen MR) is 74.6 cm³/mol. The van der Waals surface area contributed by atoms with Crippen molar-refractivity contribution in [2.24, 2.45) is 0 Å². The lowest BCUT2D eigenvalue weighted by Gasteiger charge is -2.12. The first-order valence-electron chi connectivity index (χ1n) is 5.96. The number of benzene rings is 1. The van der Waals surface area contributed by atoms with Crippen LogP contribution in [-0.4, -0.2) is 29.3 Å². The van der Waals surface area contributed by atoms with Gasteiger partial charge in [0.2, 0.25) is 0 Å². The molecule has 0 aliphatic heterocycles. The zero-order valence-corrected chi connectivity index (χ0v) is 11.1. The Hall–Kier alpha value is -0.870. The quantitative estimate of drug-likeness (QED) is 0.553. The summed E-state index contributed by atoms with van der Waals surface area (Å²) in [6.45, 7) is 2.50. The number of nitrogen functional groups attached to an aromatic ring is 1. The smallest absolute Gasteiger partial charge is 0.119 e. The molecular weight excluding hydrogens is 234 g/mol. The van der Waals surface area contributed by atoms with Crippen molar-refractivity contribution in [3.05, 3.63) is 24.3 Å². The van der Waals surface area contributed by atoms with Crippen molar-refractivity contribution in [1.82, 2.24) is 0 Å². The van der Waals surface area contributed by atoms with Gasteiger partial charge in [-0.1, -0.05) is 13.3 Å². The number of thioether (sulfide) groups is 1. The second-order valence-electron chi connectivity index (χ2n) is 3.96. The first-order valence-corrected chi connectivity index (χ1v) is 7.12. The molecule has 0 saturated heterocycles. The zero-order chi connectivity index (χ0) is 12.5. The topological polar surface area (TPSA) is 55.5 Å². The molecule has 0 aromatic heterocycles. The maximum atomic E-state index is 9.69. The van der Waals surface area contributed by atoms with Crippen LogP contribution < -0.4 is 10.5 Å². The Balaban J connectivity index is 2.14. The van der Waals surface area contributed by atoms with Gasteiger partial charge in [0.15, 0.2) is 0 Å². The van der Waals surface area contributed by atoms with Crippen molar-refractivity contribution in [3.63, 3.8) is 0 Å². The van der Waals surface area contributed by atoms with Crippen LogP contribution in [0.2, 0.25) is 0 Å². The molecule has 0 bridgehead atoms. The van der Waals surface area contributed by atoms with Gasteiger partial charge in [0, 0.05) is 11.4 Å². The second kappa shape index (κ2) is 8.25. The number of unbranched alkanes of at least 4 members (excludes halogenated alkanes) is 1. The molecule has 3 N–H and O–H groups in total. The van der Waals surface area contributed by atoms with Crippen molar-refractivity contribution in [3.8, 4) is 5.75 Å². The Morgan fingerprint density at radius 2 is 2.06 bits per heavy atom. The van der Waals surface area contributed by atoms with Gasteiger partial charge in [0.25, 0.3) is 0 Å². The summed E-state index contributed by atoms with van der Waals surface area (Å²) in [6, 6.07) is 7.20. The summed E-state index contributed by atoms with van der Waals surface area (Å²) in [5, 5.41) is 9.69. The highest BCUT2D eigenvalue weighted by Gasteiger charge is 2.05. The summed E-state index contributed by atoms with van der Waals surface area (Å²) in [5.74, 6) is 2.58. The number of hydrogen-bond donors (Lipinski definition) is 2. The lowest BCUT2D eigenvalue weighted by Crippen LogP contribution is -2.20. The number of nitrogens with two attached hydrogens (primary N) is 1. The van der Waals surface area contributed by atoms with Crippen LogP contribution in [-0.2, 0) is 0 Å². The fraction of sp³-hybridized carbons (Fsp3) is 0.538. The van der Waals surface area contributed by atoms with E-state index in [1.165, 1.54) is 12.8 Å². The van der Waals surface area contributed by atoms with E-state index in [1.54, 1.807) is 23.9 Å². The lowest BCUT2D eigenvalue weighted by molar-refractivity contribution is 0.126. The number of anilines is 1. The number of hydrogen-bond acceptors (Lipinski definition) is 4. The molecule has 1 rings (SSSR count). The first-order chi connectivity index (χ1) is 8.22. The van der Waals surface area contributed by atoms with Crippen LogP contribution in [0.1, 0.15) is 19.8 Å². The minimum atomic E-state index is -0.408. The van der Waals surface area contributed by atoms with Gasteiger partial charge in [-0.05, 0) is 36.4 Å². The molecule has 1 unspecified atom stereocenters. The largest absolute Gasteiger partial charge is 0.491 e. The number of ether oxygens (including phenoxy) is 1. The van der Waals surface area contributed by atoms with Crippen LogP contribution in [0.15, 0.2) is 24.3 Å². The van der Waals surface area contributed by atoms with E-state index < -0.39 is 6.10 Å². The van der Waals surface area contributed by atoms with E-state index in [0.717, 1.165) is 17.3 Å². The van der Waals surface area contributed by atoms with Gasteiger partial charge in [-0.3, -0.25) is 0 Å². The third-order valence-corrected chi connectivity index (χ3v) is 3.47. The highest BCUT2D eigenvalue weighted by atomic mass is 32.2. The van der Waals surface area contributed by atoms with Crippen LogP contribution in [0, 0.1) is 0 Å². The van der Waals surface area contributed by atoms with Gasteiger partial charge in [-0.25, -0.2) is 0 Å². The van der Waals surface area contributed by atoms with Crippen molar-refractivity contribution in [1.29, 1.82) is 0 Å². The van der Waals surface area contributed by atoms with Crippen LogP contribution in [0.4, 0.5) is 5.69 Å². The minimum Gasteiger partial charge on any atom is -0.491 e. The molecule has 96 valence electrons. The normalized spacial score (nSPS) is 12.4. The van der Waals surface area contributed by atoms with Gasteiger partial charge < -0.3 is 15.6 Å². The Bertz CT molecular complexity index is 303. The molecule has 0 radical (unpaired) electrons. The van der Waals surface area contributed by atoms with E-state index in [1.807, 2.05) is 12.1 Å². The standard InChI is InChI=1S/C13H21NO2S/c1-2-3-8-17-10-12(15)9-16-13-6-4-11(14)5-7-13/h4-7,12,15H,2-3,8-10,14H2,1H3. The molecule has 0 saturated carbocycles. The highest BCUT2D eigenvalue weighted by Crippen LogP contribution is 2.14. The fourth-order valence-electron chi connectivity index (χ4n) is 1.27. The molecule has 0 fully saturated rings. The van der Waals surface area contributed by atoms with Gasteiger partial charge in [-0.2, -0.15) is 11.8 Å². The minimum absolute atomic E-state index is 0.336. The maximum Gasteiger partial charge on any atom is 0.119 e. The van der Waals surface area contributed by atoms with Crippen LogP contribution >= 0.6 is 11.8 Å². The third-order valence-electron chi connectivity index (χ3n) is 2.27. The molecule has 0 aliphatic rings. The van der Waals surface area contributed by atoms with Gasteiger partial charge in [0.1, 0.15) is 12.4 Å². The summed E-state index contributed by atoms with van der Waals surface area (Å²) in [4.78, 5) is 0. The van der Waals surface area contributed by atoms with Gasteiger partial charge in [0.05, 0.1) is 6.10 Å². The zero-order valence-electron chi connectivity index (χ0n) is 10.3. The van der Waals surface area contributed by atoms with Crippen LogP contribution in [0.3, 0.4) is 0 Å². The summed E-state index contributed by atoms with van der Waals surface area (Å²) in [7, 11) is 0. The van der Waals surface area contributed by atoms with Crippen molar-refractivity contribution in [2.45, 2.75) is 25.9 Å². The number of rotatable bonds is 8. The highest BCUT2D eigenvalue weighted by molar-refractivity contribution is 7.99.